The van der Waals surface area contributed by atoms with Crippen molar-refractivity contribution in [3.63, 3.8) is 0 Å². The van der Waals surface area contributed by atoms with Gasteiger partial charge >= 0.3 is 0 Å². The number of nitrogens with one attached hydrogen (secondary N) is 1. The molecular weight excluding hydrogens is 358 g/mol. The van der Waals surface area contributed by atoms with E-state index in [2.05, 4.69) is 53.0 Å². The Balaban J connectivity index is 1.53. The molecule has 0 fully saturated rings. The zero-order chi connectivity index (χ0) is 20.2. The highest BCUT2D eigenvalue weighted by Gasteiger charge is 2.15. The first kappa shape index (κ1) is 18.9. The second kappa shape index (κ2) is 8.31. The highest BCUT2D eigenvalue weighted by molar-refractivity contribution is 5.97. The number of fused-ring (bicyclic) bond motifs is 1. The number of hydrogen-bond acceptors (Lipinski definition) is 2. The standard InChI is InChI=1S/C25H25N3O/c1-3-22(20-7-5-4-6-8-20)27-25(29)21-13-14-24-23(15-21)26-17-28(24)16-19-11-9-18(2)10-12-19/h4-15,17,22H,3,16H2,1-2H3,(H,27,29)/t22-/m1/s1. The lowest BCUT2D eigenvalue weighted by Gasteiger charge is -2.17. The predicted octanol–water partition coefficient (Wildman–Crippen LogP) is 5.27. The minimum atomic E-state index is -0.0734. The quantitative estimate of drug-likeness (QED) is 0.493. The van der Waals surface area contributed by atoms with Gasteiger partial charge in [-0.15, -0.1) is 0 Å². The third kappa shape index (κ3) is 4.21. The number of rotatable bonds is 6. The zero-order valence-electron chi connectivity index (χ0n) is 16.8. The van der Waals surface area contributed by atoms with Gasteiger partial charge < -0.3 is 9.88 Å². The number of carbonyl (C=O) groups excluding carboxylic acids is 1. The van der Waals surface area contributed by atoms with Gasteiger partial charge in [-0.2, -0.15) is 0 Å². The molecule has 3 aromatic carbocycles. The van der Waals surface area contributed by atoms with Gasteiger partial charge in [-0.3, -0.25) is 4.79 Å². The van der Waals surface area contributed by atoms with E-state index in [-0.39, 0.29) is 11.9 Å². The van der Waals surface area contributed by atoms with Crippen molar-refractivity contribution in [1.29, 1.82) is 0 Å². The van der Waals surface area contributed by atoms with Crippen molar-refractivity contribution in [3.8, 4) is 0 Å². The molecule has 0 saturated carbocycles. The van der Waals surface area contributed by atoms with Crippen molar-refractivity contribution in [1.82, 2.24) is 14.9 Å². The smallest absolute Gasteiger partial charge is 0.251 e. The molecule has 1 heterocycles. The van der Waals surface area contributed by atoms with E-state index in [4.69, 9.17) is 0 Å². The van der Waals surface area contributed by atoms with Gasteiger partial charge in [0.05, 0.1) is 23.4 Å². The van der Waals surface area contributed by atoms with E-state index in [0.29, 0.717) is 5.56 Å². The second-order valence-corrected chi connectivity index (χ2v) is 7.41. The van der Waals surface area contributed by atoms with Crippen molar-refractivity contribution in [2.75, 3.05) is 0 Å². The molecule has 4 rings (SSSR count). The Hall–Kier alpha value is -3.40. The first-order valence-corrected chi connectivity index (χ1v) is 10.0. The van der Waals surface area contributed by atoms with Crippen LogP contribution in [0.25, 0.3) is 11.0 Å². The van der Waals surface area contributed by atoms with Gasteiger partial charge in [0.15, 0.2) is 0 Å². The minimum absolute atomic E-state index is 0.00140. The molecule has 4 nitrogen and oxygen atoms in total. The van der Waals surface area contributed by atoms with Crippen LogP contribution in [-0.4, -0.2) is 15.5 Å². The van der Waals surface area contributed by atoms with E-state index < -0.39 is 0 Å². The Bertz CT molecular complexity index is 1110. The summed E-state index contributed by atoms with van der Waals surface area (Å²) in [6, 6.07) is 24.3. The number of hydrogen-bond donors (Lipinski definition) is 1. The fourth-order valence-corrected chi connectivity index (χ4v) is 3.57. The molecule has 1 atom stereocenters. The molecule has 0 spiro atoms. The van der Waals surface area contributed by atoms with Crippen molar-refractivity contribution in [3.05, 3.63) is 101 Å². The number of benzene rings is 3. The monoisotopic (exact) mass is 383 g/mol. The summed E-state index contributed by atoms with van der Waals surface area (Å²) in [6.45, 7) is 4.92. The molecule has 146 valence electrons. The third-order valence-corrected chi connectivity index (χ3v) is 5.27. The van der Waals surface area contributed by atoms with Gasteiger partial charge in [0.25, 0.3) is 5.91 Å². The third-order valence-electron chi connectivity index (χ3n) is 5.27. The summed E-state index contributed by atoms with van der Waals surface area (Å²) in [7, 11) is 0. The normalized spacial score (nSPS) is 12.1. The van der Waals surface area contributed by atoms with E-state index in [0.717, 1.165) is 29.6 Å². The zero-order valence-corrected chi connectivity index (χ0v) is 16.8. The summed E-state index contributed by atoms with van der Waals surface area (Å²) in [4.78, 5) is 17.3. The lowest BCUT2D eigenvalue weighted by atomic mass is 10.0. The largest absolute Gasteiger partial charge is 0.345 e. The van der Waals surface area contributed by atoms with E-state index in [1.807, 2.05) is 54.9 Å². The molecule has 1 aromatic heterocycles. The van der Waals surface area contributed by atoms with Crippen molar-refractivity contribution < 1.29 is 4.79 Å². The van der Waals surface area contributed by atoms with E-state index in [1.165, 1.54) is 11.1 Å². The molecule has 1 N–H and O–H groups in total. The first-order chi connectivity index (χ1) is 14.1. The number of carbonyl (C=O) groups is 1. The van der Waals surface area contributed by atoms with E-state index in [9.17, 15) is 4.79 Å². The van der Waals surface area contributed by atoms with Crippen LogP contribution >= 0.6 is 0 Å². The van der Waals surface area contributed by atoms with Crippen LogP contribution in [-0.2, 0) is 6.54 Å². The average Bonchev–Trinajstić information content (AvgIpc) is 3.16. The topological polar surface area (TPSA) is 46.9 Å². The molecule has 0 aliphatic carbocycles. The maximum atomic E-state index is 12.8. The van der Waals surface area contributed by atoms with Gasteiger partial charge in [0.2, 0.25) is 0 Å². The lowest BCUT2D eigenvalue weighted by Crippen LogP contribution is -2.28. The van der Waals surface area contributed by atoms with Crippen molar-refractivity contribution in [2.45, 2.75) is 32.9 Å². The summed E-state index contributed by atoms with van der Waals surface area (Å²) >= 11 is 0. The minimum Gasteiger partial charge on any atom is -0.345 e. The van der Waals surface area contributed by atoms with Crippen LogP contribution in [0, 0.1) is 6.92 Å². The molecule has 0 bridgehead atoms. The van der Waals surface area contributed by atoms with Crippen LogP contribution in [0.3, 0.4) is 0 Å². The fraction of sp³-hybridized carbons (Fsp3) is 0.200. The van der Waals surface area contributed by atoms with Crippen LogP contribution in [0.15, 0.2) is 79.1 Å². The van der Waals surface area contributed by atoms with Gasteiger partial charge in [0.1, 0.15) is 0 Å². The summed E-state index contributed by atoms with van der Waals surface area (Å²) in [5.74, 6) is -0.0734. The maximum Gasteiger partial charge on any atom is 0.251 e. The van der Waals surface area contributed by atoms with Crippen LogP contribution in [0.5, 0.6) is 0 Å². The van der Waals surface area contributed by atoms with E-state index >= 15 is 0 Å². The van der Waals surface area contributed by atoms with Gasteiger partial charge in [-0.25, -0.2) is 4.98 Å². The van der Waals surface area contributed by atoms with Gasteiger partial charge in [-0.1, -0.05) is 67.1 Å². The number of aryl methyl sites for hydroxylation is 1. The van der Waals surface area contributed by atoms with Crippen LogP contribution in [0.1, 0.15) is 46.4 Å². The SMILES string of the molecule is CC[C@@H](NC(=O)c1ccc2c(c1)ncn2Cc1ccc(C)cc1)c1ccccc1. The lowest BCUT2D eigenvalue weighted by molar-refractivity contribution is 0.0935. The molecule has 4 aromatic rings. The predicted molar refractivity (Wildman–Crippen MR) is 117 cm³/mol. The summed E-state index contributed by atoms with van der Waals surface area (Å²) < 4.78 is 2.11. The molecular formula is C25H25N3O. The second-order valence-electron chi connectivity index (χ2n) is 7.41. The number of aromatic nitrogens is 2. The Kier molecular flexibility index (Phi) is 5.43. The van der Waals surface area contributed by atoms with Crippen LogP contribution in [0.4, 0.5) is 0 Å². The molecule has 1 amide bonds. The highest BCUT2D eigenvalue weighted by atomic mass is 16.1. The first-order valence-electron chi connectivity index (χ1n) is 10.0. The molecule has 0 unspecified atom stereocenters. The van der Waals surface area contributed by atoms with Crippen LogP contribution < -0.4 is 5.32 Å². The molecule has 0 aliphatic heterocycles. The summed E-state index contributed by atoms with van der Waals surface area (Å²) in [5.41, 5.74) is 6.08. The summed E-state index contributed by atoms with van der Waals surface area (Å²) in [5, 5.41) is 3.14. The number of nitrogens with zero attached hydrogens (tertiary/aromatic N) is 2. The maximum absolute atomic E-state index is 12.8. The molecule has 29 heavy (non-hydrogen) atoms. The van der Waals surface area contributed by atoms with Crippen molar-refractivity contribution >= 4 is 16.9 Å². The van der Waals surface area contributed by atoms with Gasteiger partial charge in [0, 0.05) is 12.1 Å². The number of amides is 1. The van der Waals surface area contributed by atoms with E-state index in [1.54, 1.807) is 0 Å². The molecule has 4 heteroatoms. The molecule has 0 radical (unpaired) electrons. The average molecular weight is 383 g/mol. The Morgan fingerprint density at radius 1 is 1.03 bits per heavy atom. The number of imidazole rings is 1. The Labute approximate surface area is 171 Å². The molecule has 0 aliphatic rings. The highest BCUT2D eigenvalue weighted by Crippen LogP contribution is 2.20. The van der Waals surface area contributed by atoms with Gasteiger partial charge in [-0.05, 0) is 42.7 Å². The molecule has 0 saturated heterocycles. The Morgan fingerprint density at radius 3 is 2.52 bits per heavy atom. The summed E-state index contributed by atoms with van der Waals surface area (Å²) in [6.07, 6.45) is 2.67. The fourth-order valence-electron chi connectivity index (χ4n) is 3.57. The van der Waals surface area contributed by atoms with Crippen molar-refractivity contribution in [2.24, 2.45) is 0 Å². The Morgan fingerprint density at radius 2 is 1.79 bits per heavy atom. The van der Waals surface area contributed by atoms with Crippen LogP contribution in [0.2, 0.25) is 0 Å².